The Morgan fingerprint density at radius 1 is 1.00 bits per heavy atom. The van der Waals surface area contributed by atoms with Crippen molar-refractivity contribution in [3.63, 3.8) is 0 Å². The van der Waals surface area contributed by atoms with Crippen molar-refractivity contribution in [1.82, 2.24) is 4.90 Å². The van der Waals surface area contributed by atoms with Gasteiger partial charge < -0.3 is 19.7 Å². The Hall–Kier alpha value is -3.80. The SMILES string of the molecule is COc1ccc(-c2cc(NC(=O)[C@H]3CC(=O)N([C@@H](C)c4ccccc4)C3)ccc2OC)cc1. The molecule has 4 rings (SSSR count). The minimum absolute atomic E-state index is 0.000144. The van der Waals surface area contributed by atoms with E-state index in [4.69, 9.17) is 9.47 Å². The van der Waals surface area contributed by atoms with Gasteiger partial charge in [-0.15, -0.1) is 0 Å². The van der Waals surface area contributed by atoms with Gasteiger partial charge in [-0.05, 0) is 48.4 Å². The molecule has 2 atom stereocenters. The van der Waals surface area contributed by atoms with E-state index >= 15 is 0 Å². The quantitative estimate of drug-likeness (QED) is 0.562. The van der Waals surface area contributed by atoms with Gasteiger partial charge in [-0.25, -0.2) is 0 Å². The largest absolute Gasteiger partial charge is 0.497 e. The van der Waals surface area contributed by atoms with Crippen molar-refractivity contribution >= 4 is 17.5 Å². The summed E-state index contributed by atoms with van der Waals surface area (Å²) in [6.45, 7) is 2.40. The molecular weight excluding hydrogens is 416 g/mol. The van der Waals surface area contributed by atoms with Gasteiger partial charge in [0.25, 0.3) is 0 Å². The Balaban J connectivity index is 1.48. The summed E-state index contributed by atoms with van der Waals surface area (Å²) in [5.41, 5.74) is 3.53. The van der Waals surface area contributed by atoms with Crippen LogP contribution in [0.4, 0.5) is 5.69 Å². The maximum Gasteiger partial charge on any atom is 0.229 e. The molecule has 3 aromatic carbocycles. The molecule has 3 aromatic rings. The number of likely N-dealkylation sites (tertiary alicyclic amines) is 1. The molecule has 33 heavy (non-hydrogen) atoms. The second-order valence-corrected chi connectivity index (χ2v) is 8.17. The molecule has 6 heteroatoms. The third kappa shape index (κ3) is 4.85. The highest BCUT2D eigenvalue weighted by atomic mass is 16.5. The van der Waals surface area contributed by atoms with E-state index in [2.05, 4.69) is 5.32 Å². The molecular formula is C27H28N2O4. The molecule has 1 aliphatic rings. The molecule has 1 N–H and O–H groups in total. The van der Waals surface area contributed by atoms with Crippen LogP contribution >= 0.6 is 0 Å². The lowest BCUT2D eigenvalue weighted by molar-refractivity contribution is -0.129. The van der Waals surface area contributed by atoms with E-state index in [0.29, 0.717) is 18.0 Å². The lowest BCUT2D eigenvalue weighted by atomic mass is 10.0. The van der Waals surface area contributed by atoms with Crippen LogP contribution < -0.4 is 14.8 Å². The predicted molar refractivity (Wildman–Crippen MR) is 128 cm³/mol. The summed E-state index contributed by atoms with van der Waals surface area (Å²) in [6, 6.07) is 23.0. The Morgan fingerprint density at radius 2 is 1.73 bits per heavy atom. The molecule has 1 aliphatic heterocycles. The number of carbonyl (C=O) groups excluding carboxylic acids is 2. The van der Waals surface area contributed by atoms with Crippen LogP contribution in [0.5, 0.6) is 11.5 Å². The van der Waals surface area contributed by atoms with Crippen molar-refractivity contribution in [1.29, 1.82) is 0 Å². The number of nitrogens with one attached hydrogen (secondary N) is 1. The third-order valence-electron chi connectivity index (χ3n) is 6.15. The van der Waals surface area contributed by atoms with Gasteiger partial charge in [-0.1, -0.05) is 42.5 Å². The van der Waals surface area contributed by atoms with Gasteiger partial charge in [0.15, 0.2) is 0 Å². The minimum atomic E-state index is -0.393. The van der Waals surface area contributed by atoms with Crippen LogP contribution in [-0.4, -0.2) is 37.5 Å². The van der Waals surface area contributed by atoms with Gasteiger partial charge in [-0.2, -0.15) is 0 Å². The molecule has 0 saturated carbocycles. The fourth-order valence-electron chi connectivity index (χ4n) is 4.22. The minimum Gasteiger partial charge on any atom is -0.497 e. The number of hydrogen-bond donors (Lipinski definition) is 1. The number of hydrogen-bond acceptors (Lipinski definition) is 4. The van der Waals surface area contributed by atoms with Crippen molar-refractivity contribution in [2.75, 3.05) is 26.1 Å². The zero-order chi connectivity index (χ0) is 23.4. The van der Waals surface area contributed by atoms with Crippen molar-refractivity contribution in [2.45, 2.75) is 19.4 Å². The topological polar surface area (TPSA) is 67.9 Å². The van der Waals surface area contributed by atoms with Crippen molar-refractivity contribution in [3.8, 4) is 22.6 Å². The predicted octanol–water partition coefficient (Wildman–Crippen LogP) is 4.92. The van der Waals surface area contributed by atoms with Crippen LogP contribution in [0.25, 0.3) is 11.1 Å². The van der Waals surface area contributed by atoms with Crippen molar-refractivity contribution in [2.24, 2.45) is 5.92 Å². The van der Waals surface area contributed by atoms with Gasteiger partial charge in [0.05, 0.1) is 26.2 Å². The van der Waals surface area contributed by atoms with Crippen LogP contribution in [0.2, 0.25) is 0 Å². The molecule has 170 valence electrons. The van der Waals surface area contributed by atoms with Crippen LogP contribution in [0.3, 0.4) is 0 Å². The number of methoxy groups -OCH3 is 2. The number of rotatable bonds is 7. The van der Waals surface area contributed by atoms with Crippen LogP contribution in [-0.2, 0) is 9.59 Å². The Labute approximate surface area is 194 Å². The van der Waals surface area contributed by atoms with Crippen LogP contribution in [0.1, 0.15) is 24.9 Å². The van der Waals surface area contributed by atoms with Crippen LogP contribution in [0.15, 0.2) is 72.8 Å². The van der Waals surface area contributed by atoms with E-state index in [9.17, 15) is 9.59 Å². The standard InChI is InChI=1S/C27H28N2O4/c1-18(19-7-5-4-6-8-19)29-17-21(15-26(29)30)27(31)28-22-11-14-25(33-3)24(16-22)20-9-12-23(32-2)13-10-20/h4-14,16,18,21H,15,17H2,1-3H3,(H,28,31)/t18-,21-/m0/s1. The summed E-state index contributed by atoms with van der Waals surface area (Å²) in [4.78, 5) is 27.5. The van der Waals surface area contributed by atoms with E-state index < -0.39 is 5.92 Å². The fraction of sp³-hybridized carbons (Fsp3) is 0.259. The Bertz CT molecular complexity index is 1130. The first-order valence-electron chi connectivity index (χ1n) is 11.0. The maximum atomic E-state index is 13.0. The van der Waals surface area contributed by atoms with E-state index in [0.717, 1.165) is 22.4 Å². The van der Waals surface area contributed by atoms with Crippen molar-refractivity contribution in [3.05, 3.63) is 78.4 Å². The molecule has 0 aliphatic carbocycles. The summed E-state index contributed by atoms with van der Waals surface area (Å²) in [7, 11) is 3.24. The number of nitrogens with zero attached hydrogens (tertiary/aromatic N) is 1. The highest BCUT2D eigenvalue weighted by molar-refractivity contribution is 5.98. The van der Waals surface area contributed by atoms with E-state index in [-0.39, 0.29) is 24.3 Å². The Kier molecular flexibility index (Phi) is 6.63. The summed E-state index contributed by atoms with van der Waals surface area (Å²) >= 11 is 0. The van der Waals surface area contributed by atoms with E-state index in [1.54, 1.807) is 19.1 Å². The fourth-order valence-corrected chi connectivity index (χ4v) is 4.22. The second-order valence-electron chi connectivity index (χ2n) is 8.17. The monoisotopic (exact) mass is 444 g/mol. The highest BCUT2D eigenvalue weighted by Crippen LogP contribution is 2.34. The van der Waals surface area contributed by atoms with Gasteiger partial charge in [0, 0.05) is 24.2 Å². The first-order chi connectivity index (χ1) is 16.0. The van der Waals surface area contributed by atoms with Crippen molar-refractivity contribution < 1.29 is 19.1 Å². The second kappa shape index (κ2) is 9.77. The lowest BCUT2D eigenvalue weighted by Crippen LogP contribution is -2.30. The zero-order valence-electron chi connectivity index (χ0n) is 19.1. The summed E-state index contributed by atoms with van der Waals surface area (Å²) < 4.78 is 10.8. The van der Waals surface area contributed by atoms with Gasteiger partial charge in [0.2, 0.25) is 11.8 Å². The zero-order valence-corrected chi connectivity index (χ0v) is 19.1. The number of benzene rings is 3. The Morgan fingerprint density at radius 3 is 2.39 bits per heavy atom. The molecule has 0 radical (unpaired) electrons. The average molecular weight is 445 g/mol. The first kappa shape index (κ1) is 22.4. The van der Waals surface area contributed by atoms with Gasteiger partial charge in [-0.3, -0.25) is 9.59 Å². The normalized spacial score (nSPS) is 16.4. The molecule has 0 aromatic heterocycles. The summed E-state index contributed by atoms with van der Waals surface area (Å²) in [5.74, 6) is 0.923. The highest BCUT2D eigenvalue weighted by Gasteiger charge is 2.37. The third-order valence-corrected chi connectivity index (χ3v) is 6.15. The number of carbonyl (C=O) groups is 2. The number of amides is 2. The molecule has 0 bridgehead atoms. The van der Waals surface area contributed by atoms with Gasteiger partial charge >= 0.3 is 0 Å². The van der Waals surface area contributed by atoms with Gasteiger partial charge in [0.1, 0.15) is 11.5 Å². The molecule has 2 amide bonds. The van der Waals surface area contributed by atoms with E-state index in [1.807, 2.05) is 79.7 Å². The molecule has 0 spiro atoms. The summed E-state index contributed by atoms with van der Waals surface area (Å²) in [5, 5.41) is 2.99. The maximum absolute atomic E-state index is 13.0. The van der Waals surface area contributed by atoms with E-state index in [1.165, 1.54) is 0 Å². The number of anilines is 1. The molecule has 0 unspecified atom stereocenters. The lowest BCUT2D eigenvalue weighted by Gasteiger charge is -2.25. The molecule has 1 fully saturated rings. The smallest absolute Gasteiger partial charge is 0.229 e. The average Bonchev–Trinajstić information content (AvgIpc) is 3.25. The molecule has 6 nitrogen and oxygen atoms in total. The first-order valence-corrected chi connectivity index (χ1v) is 11.0. The molecule has 1 heterocycles. The molecule has 1 saturated heterocycles. The summed E-state index contributed by atoms with van der Waals surface area (Å²) in [6.07, 6.45) is 0.213. The number of ether oxygens (including phenoxy) is 2. The van der Waals surface area contributed by atoms with Crippen LogP contribution in [0, 0.1) is 5.92 Å².